The number of thioether (sulfide) groups is 1. The number of carbonyl (C=O) groups excluding carboxylic acids is 1. The molecule has 1 aromatic rings. The van der Waals surface area contributed by atoms with Crippen molar-refractivity contribution in [2.75, 3.05) is 19.6 Å². The van der Waals surface area contributed by atoms with Crippen molar-refractivity contribution in [3.63, 3.8) is 0 Å². The Morgan fingerprint density at radius 3 is 2.76 bits per heavy atom. The van der Waals surface area contributed by atoms with Crippen LogP contribution in [0.4, 0.5) is 0 Å². The molecule has 4 nitrogen and oxygen atoms in total. The molecular weight excluding hydrogens is 350 g/mol. The molecule has 1 atom stereocenters. The fourth-order valence-electron chi connectivity index (χ4n) is 2.65. The lowest BCUT2D eigenvalue weighted by Crippen LogP contribution is -2.45. The highest BCUT2D eigenvalue weighted by atomic mass is 79.9. The van der Waals surface area contributed by atoms with Gasteiger partial charge in [-0.1, -0.05) is 39.8 Å². The number of allylic oxidation sites excluding steroid dienone is 1. The lowest BCUT2D eigenvalue weighted by molar-refractivity contribution is -0.131. The van der Waals surface area contributed by atoms with Gasteiger partial charge in [0, 0.05) is 16.8 Å². The number of benzene rings is 1. The molecule has 0 aliphatic carbocycles. The Hall–Kier alpha value is -1.29. The van der Waals surface area contributed by atoms with E-state index in [1.54, 1.807) is 16.7 Å². The average Bonchev–Trinajstić information content (AvgIpc) is 2.48. The van der Waals surface area contributed by atoms with Crippen LogP contribution in [0.5, 0.6) is 0 Å². The third kappa shape index (κ3) is 2.73. The largest absolute Gasteiger partial charge is 0.292 e. The minimum absolute atomic E-state index is 0.0935. The van der Waals surface area contributed by atoms with Crippen LogP contribution in [0.3, 0.4) is 0 Å². The Bertz CT molecular complexity index is 650. The van der Waals surface area contributed by atoms with Crippen molar-refractivity contribution in [2.24, 2.45) is 0 Å². The van der Waals surface area contributed by atoms with Gasteiger partial charge in [0.25, 0.3) is 0 Å². The molecule has 1 fully saturated rings. The number of hydrogen-bond donors (Lipinski definition) is 0. The quantitative estimate of drug-likeness (QED) is 0.768. The van der Waals surface area contributed by atoms with E-state index < -0.39 is 0 Å². The first-order valence-electron chi connectivity index (χ1n) is 6.61. The Labute approximate surface area is 136 Å². The van der Waals surface area contributed by atoms with Gasteiger partial charge in [0.1, 0.15) is 0 Å². The van der Waals surface area contributed by atoms with Gasteiger partial charge in [0.05, 0.1) is 29.2 Å². The summed E-state index contributed by atoms with van der Waals surface area (Å²) in [5.41, 5.74) is 1.74. The van der Waals surface area contributed by atoms with Gasteiger partial charge in [0.2, 0.25) is 5.91 Å². The molecular formula is C15H14BrN3OS. The molecule has 0 N–H and O–H groups in total. The SMILES string of the molecule is CN1CSC2=C(C#N)[C@H](c3ccc(Br)cc3)CC(=O)N2C1. The minimum Gasteiger partial charge on any atom is -0.292 e. The second-order valence-corrected chi connectivity index (χ2v) is 7.08. The smallest absolute Gasteiger partial charge is 0.229 e. The molecule has 0 saturated carbocycles. The molecule has 6 heteroatoms. The summed E-state index contributed by atoms with van der Waals surface area (Å²) in [4.78, 5) is 16.2. The van der Waals surface area contributed by atoms with E-state index in [0.717, 1.165) is 26.5 Å². The van der Waals surface area contributed by atoms with Crippen molar-refractivity contribution in [3.8, 4) is 6.07 Å². The van der Waals surface area contributed by atoms with Crippen molar-refractivity contribution in [2.45, 2.75) is 12.3 Å². The van der Waals surface area contributed by atoms with Gasteiger partial charge in [-0.15, -0.1) is 0 Å². The van der Waals surface area contributed by atoms with Crippen LogP contribution in [0.15, 0.2) is 39.3 Å². The number of halogens is 1. The predicted molar refractivity (Wildman–Crippen MR) is 86.1 cm³/mol. The molecule has 0 bridgehead atoms. The topological polar surface area (TPSA) is 47.3 Å². The molecule has 108 valence electrons. The monoisotopic (exact) mass is 363 g/mol. The van der Waals surface area contributed by atoms with Crippen LogP contribution in [0.1, 0.15) is 17.9 Å². The van der Waals surface area contributed by atoms with Gasteiger partial charge in [-0.25, -0.2) is 0 Å². The zero-order valence-electron chi connectivity index (χ0n) is 11.5. The minimum atomic E-state index is -0.127. The fraction of sp³-hybridized carbons (Fsp3) is 0.333. The maximum Gasteiger partial charge on any atom is 0.229 e. The highest BCUT2D eigenvalue weighted by molar-refractivity contribution is 9.10. The molecule has 1 aromatic carbocycles. The Morgan fingerprint density at radius 2 is 2.10 bits per heavy atom. The summed E-state index contributed by atoms with van der Waals surface area (Å²) < 4.78 is 0.995. The highest BCUT2D eigenvalue weighted by Crippen LogP contribution is 2.42. The van der Waals surface area contributed by atoms with Crippen LogP contribution in [-0.2, 0) is 4.79 Å². The molecule has 2 aliphatic rings. The number of rotatable bonds is 1. The molecule has 21 heavy (non-hydrogen) atoms. The first kappa shape index (κ1) is 14.6. The Morgan fingerprint density at radius 1 is 1.38 bits per heavy atom. The second kappa shape index (κ2) is 5.84. The normalized spacial score (nSPS) is 23.0. The number of nitrogens with zero attached hydrogens (tertiary/aromatic N) is 3. The van der Waals surface area contributed by atoms with Crippen molar-refractivity contribution in [1.29, 1.82) is 5.26 Å². The van der Waals surface area contributed by atoms with Crippen molar-refractivity contribution in [1.82, 2.24) is 9.80 Å². The van der Waals surface area contributed by atoms with E-state index in [4.69, 9.17) is 0 Å². The molecule has 2 aliphatic heterocycles. The lowest BCUT2D eigenvalue weighted by atomic mass is 9.86. The van der Waals surface area contributed by atoms with Gasteiger partial charge in [0.15, 0.2) is 0 Å². The zero-order chi connectivity index (χ0) is 15.0. The maximum absolute atomic E-state index is 12.4. The summed E-state index contributed by atoms with van der Waals surface area (Å²) >= 11 is 4.99. The highest BCUT2D eigenvalue weighted by Gasteiger charge is 2.37. The molecule has 1 saturated heterocycles. The Kier molecular flexibility index (Phi) is 4.07. The Balaban J connectivity index is 2.03. The van der Waals surface area contributed by atoms with E-state index in [1.165, 1.54) is 0 Å². The van der Waals surface area contributed by atoms with Gasteiger partial charge >= 0.3 is 0 Å². The first-order valence-corrected chi connectivity index (χ1v) is 8.39. The number of amides is 1. The molecule has 3 rings (SSSR count). The average molecular weight is 364 g/mol. The number of nitriles is 1. The van der Waals surface area contributed by atoms with Crippen molar-refractivity contribution in [3.05, 3.63) is 44.9 Å². The van der Waals surface area contributed by atoms with Gasteiger partial charge in [-0.3, -0.25) is 14.6 Å². The van der Waals surface area contributed by atoms with Crippen molar-refractivity contribution >= 4 is 33.6 Å². The summed E-state index contributed by atoms with van der Waals surface area (Å²) in [6, 6.07) is 10.2. The molecule has 0 radical (unpaired) electrons. The lowest BCUT2D eigenvalue weighted by Gasteiger charge is -2.40. The zero-order valence-corrected chi connectivity index (χ0v) is 13.9. The predicted octanol–water partition coefficient (Wildman–Crippen LogP) is 3.09. The van der Waals surface area contributed by atoms with Gasteiger partial charge in [-0.05, 0) is 24.7 Å². The maximum atomic E-state index is 12.4. The van der Waals surface area contributed by atoms with E-state index in [1.807, 2.05) is 31.3 Å². The number of fused-ring (bicyclic) bond motifs is 1. The number of hydrogen-bond acceptors (Lipinski definition) is 4. The number of carbonyl (C=O) groups is 1. The van der Waals surface area contributed by atoms with E-state index >= 15 is 0 Å². The van der Waals surface area contributed by atoms with Gasteiger partial charge < -0.3 is 0 Å². The molecule has 0 spiro atoms. The summed E-state index contributed by atoms with van der Waals surface area (Å²) in [5.74, 6) is 0.769. The third-order valence-electron chi connectivity index (χ3n) is 3.70. The van der Waals surface area contributed by atoms with E-state index in [-0.39, 0.29) is 11.8 Å². The van der Waals surface area contributed by atoms with E-state index in [0.29, 0.717) is 13.1 Å². The molecule has 1 amide bonds. The molecule has 0 aromatic heterocycles. The third-order valence-corrected chi connectivity index (χ3v) is 5.51. The summed E-state index contributed by atoms with van der Waals surface area (Å²) in [6.07, 6.45) is 0.364. The van der Waals surface area contributed by atoms with Crippen LogP contribution in [0.25, 0.3) is 0 Å². The van der Waals surface area contributed by atoms with E-state index in [2.05, 4.69) is 26.9 Å². The standard InChI is InChI=1S/C15H14BrN3OS/c1-18-8-19-14(20)6-12(10-2-4-11(16)5-3-10)13(7-17)15(19)21-9-18/h2-5,12H,6,8-9H2,1H3/t12-/m0/s1. The van der Waals surface area contributed by atoms with E-state index in [9.17, 15) is 10.1 Å². The van der Waals surface area contributed by atoms with Crippen molar-refractivity contribution < 1.29 is 4.79 Å². The second-order valence-electron chi connectivity index (χ2n) is 5.23. The molecule has 2 heterocycles. The fourth-order valence-corrected chi connectivity index (χ4v) is 4.00. The van der Waals surface area contributed by atoms with Crippen LogP contribution in [0, 0.1) is 11.3 Å². The van der Waals surface area contributed by atoms with Crippen LogP contribution in [0.2, 0.25) is 0 Å². The molecule has 0 unspecified atom stereocenters. The summed E-state index contributed by atoms with van der Waals surface area (Å²) in [5, 5.41) is 10.4. The van der Waals surface area contributed by atoms with Crippen LogP contribution < -0.4 is 0 Å². The first-order chi connectivity index (χ1) is 10.1. The van der Waals surface area contributed by atoms with Gasteiger partial charge in [-0.2, -0.15) is 5.26 Å². The van der Waals surface area contributed by atoms with Crippen LogP contribution >= 0.6 is 27.7 Å². The van der Waals surface area contributed by atoms with Crippen LogP contribution in [-0.4, -0.2) is 35.3 Å². The summed E-state index contributed by atoms with van der Waals surface area (Å²) in [7, 11) is 1.98. The summed E-state index contributed by atoms with van der Waals surface area (Å²) in [6.45, 7) is 0.569.